The predicted octanol–water partition coefficient (Wildman–Crippen LogP) is 2.79. The van der Waals surface area contributed by atoms with Crippen molar-refractivity contribution in [2.75, 3.05) is 46.0 Å². The molecule has 2 aliphatic heterocycles. The number of hydrogen-bond acceptors (Lipinski definition) is 8. The zero-order chi connectivity index (χ0) is 28.8. The molecule has 0 bridgehead atoms. The average molecular weight is 552 g/mol. The molecule has 4 rings (SSSR count). The molecular weight excluding hydrogens is 514 g/mol. The fraction of sp³-hybridized carbons (Fsp3) is 0.433. The van der Waals surface area contributed by atoms with Crippen LogP contribution in [0.2, 0.25) is 0 Å². The number of nitrogens with zero attached hydrogens (tertiary/aromatic N) is 2. The number of primary amides is 1. The minimum atomic E-state index is -0.791. The molecule has 2 saturated heterocycles. The maximum absolute atomic E-state index is 13.4. The van der Waals surface area contributed by atoms with Gasteiger partial charge in [0.05, 0.1) is 30.9 Å². The summed E-state index contributed by atoms with van der Waals surface area (Å²) in [5, 5.41) is 11.5. The lowest BCUT2D eigenvalue weighted by molar-refractivity contribution is -0.140. The maximum Gasteiger partial charge on any atom is 0.295 e. The van der Waals surface area contributed by atoms with Gasteiger partial charge in [-0.3, -0.25) is 19.3 Å². The molecular formula is C30H37N3O7. The van der Waals surface area contributed by atoms with Gasteiger partial charge in [-0.25, -0.2) is 0 Å². The molecule has 0 radical (unpaired) electrons. The highest BCUT2D eigenvalue weighted by molar-refractivity contribution is 6.46. The Balaban J connectivity index is 1.68. The number of amides is 2. The van der Waals surface area contributed by atoms with Crippen molar-refractivity contribution in [2.45, 2.75) is 39.3 Å². The Kier molecular flexibility index (Phi) is 9.44. The second-order valence-corrected chi connectivity index (χ2v) is 10.3. The average Bonchev–Trinajstić information content (AvgIpc) is 3.17. The fourth-order valence-electron chi connectivity index (χ4n) is 5.04. The number of aryl methyl sites for hydroxylation is 1. The summed E-state index contributed by atoms with van der Waals surface area (Å²) in [7, 11) is 0. The van der Waals surface area contributed by atoms with E-state index in [4.69, 9.17) is 19.9 Å². The molecule has 10 nitrogen and oxygen atoms in total. The topological polar surface area (TPSA) is 132 Å². The number of aliphatic hydroxyl groups excluding tert-OH is 1. The summed E-state index contributed by atoms with van der Waals surface area (Å²) in [4.78, 5) is 41.6. The number of hydrogen-bond donors (Lipinski definition) is 2. The first-order chi connectivity index (χ1) is 19.2. The van der Waals surface area contributed by atoms with Gasteiger partial charge in [0.15, 0.2) is 6.61 Å². The number of carbonyl (C=O) groups is 3. The van der Waals surface area contributed by atoms with Gasteiger partial charge in [-0.05, 0) is 68.7 Å². The Morgan fingerprint density at radius 1 is 1.07 bits per heavy atom. The number of ketones is 1. The summed E-state index contributed by atoms with van der Waals surface area (Å²) < 4.78 is 16.5. The molecule has 40 heavy (non-hydrogen) atoms. The van der Waals surface area contributed by atoms with Crippen molar-refractivity contribution in [2.24, 2.45) is 5.73 Å². The van der Waals surface area contributed by atoms with Crippen LogP contribution in [0.15, 0.2) is 48.0 Å². The molecule has 214 valence electrons. The summed E-state index contributed by atoms with van der Waals surface area (Å²) >= 11 is 0. The van der Waals surface area contributed by atoms with Gasteiger partial charge in [-0.1, -0.05) is 12.1 Å². The Morgan fingerprint density at radius 2 is 1.75 bits per heavy atom. The minimum absolute atomic E-state index is 0.0171. The molecule has 10 heteroatoms. The Morgan fingerprint density at radius 3 is 2.38 bits per heavy atom. The van der Waals surface area contributed by atoms with Crippen LogP contribution in [0.5, 0.6) is 11.5 Å². The number of rotatable bonds is 11. The molecule has 2 aromatic rings. The third kappa shape index (κ3) is 6.81. The van der Waals surface area contributed by atoms with Crippen molar-refractivity contribution in [3.63, 3.8) is 0 Å². The van der Waals surface area contributed by atoms with E-state index in [1.165, 1.54) is 4.90 Å². The van der Waals surface area contributed by atoms with Crippen LogP contribution in [0, 0.1) is 6.92 Å². The summed E-state index contributed by atoms with van der Waals surface area (Å²) in [5.74, 6) is -1.15. The second-order valence-electron chi connectivity index (χ2n) is 10.3. The van der Waals surface area contributed by atoms with E-state index in [0.717, 1.165) is 19.6 Å². The SMILES string of the molecule is Cc1cc(OC(C)C)ccc1/C(O)=C1\C(=O)C(=O)N(CCCN2CCOCC2)C1c1ccc(OCC(N)=O)cc1. The Labute approximate surface area is 234 Å². The largest absolute Gasteiger partial charge is 0.507 e. The smallest absolute Gasteiger partial charge is 0.295 e. The lowest BCUT2D eigenvalue weighted by Gasteiger charge is -2.29. The van der Waals surface area contributed by atoms with Crippen LogP contribution in [0.1, 0.15) is 43.0 Å². The molecule has 0 aromatic heterocycles. The molecule has 0 spiro atoms. The van der Waals surface area contributed by atoms with Crippen molar-refractivity contribution < 1.29 is 33.7 Å². The number of ether oxygens (including phenoxy) is 3. The van der Waals surface area contributed by atoms with Crippen LogP contribution in [-0.4, -0.2) is 84.6 Å². The van der Waals surface area contributed by atoms with Crippen LogP contribution in [0.25, 0.3) is 5.76 Å². The first-order valence-corrected chi connectivity index (χ1v) is 13.5. The highest BCUT2D eigenvalue weighted by atomic mass is 16.5. The zero-order valence-corrected chi connectivity index (χ0v) is 23.2. The van der Waals surface area contributed by atoms with Gasteiger partial charge in [-0.15, -0.1) is 0 Å². The van der Waals surface area contributed by atoms with Crippen LogP contribution >= 0.6 is 0 Å². The molecule has 3 N–H and O–H groups in total. The second kappa shape index (κ2) is 13.0. The van der Waals surface area contributed by atoms with Crippen LogP contribution < -0.4 is 15.2 Å². The van der Waals surface area contributed by atoms with E-state index >= 15 is 0 Å². The van der Waals surface area contributed by atoms with Crippen molar-refractivity contribution in [1.29, 1.82) is 0 Å². The highest BCUT2D eigenvalue weighted by Crippen LogP contribution is 2.40. The van der Waals surface area contributed by atoms with Gasteiger partial charge in [0.2, 0.25) is 0 Å². The molecule has 2 aliphatic rings. The minimum Gasteiger partial charge on any atom is -0.507 e. The molecule has 2 fully saturated rings. The van der Waals surface area contributed by atoms with Gasteiger partial charge >= 0.3 is 0 Å². The van der Waals surface area contributed by atoms with E-state index in [1.807, 2.05) is 20.8 Å². The molecule has 2 heterocycles. The molecule has 2 aromatic carbocycles. The van der Waals surface area contributed by atoms with Gasteiger partial charge in [0.1, 0.15) is 17.3 Å². The zero-order valence-electron chi connectivity index (χ0n) is 23.2. The van der Waals surface area contributed by atoms with E-state index in [0.29, 0.717) is 54.4 Å². The number of morpholine rings is 1. The predicted molar refractivity (Wildman–Crippen MR) is 149 cm³/mol. The number of aliphatic hydroxyl groups is 1. The quantitative estimate of drug-likeness (QED) is 0.248. The van der Waals surface area contributed by atoms with Crippen molar-refractivity contribution >= 4 is 23.4 Å². The number of Topliss-reactive ketones (excluding diaryl/α,β-unsaturated/α-hetero) is 1. The van der Waals surface area contributed by atoms with Gasteiger partial charge < -0.3 is 30.0 Å². The van der Waals surface area contributed by atoms with E-state index in [1.54, 1.807) is 42.5 Å². The lowest BCUT2D eigenvalue weighted by Crippen LogP contribution is -2.38. The van der Waals surface area contributed by atoms with E-state index in [9.17, 15) is 19.5 Å². The number of carbonyl (C=O) groups excluding carboxylic acids is 3. The van der Waals surface area contributed by atoms with Gasteiger partial charge in [-0.2, -0.15) is 0 Å². The highest BCUT2D eigenvalue weighted by Gasteiger charge is 2.46. The first kappa shape index (κ1) is 29.1. The lowest BCUT2D eigenvalue weighted by atomic mass is 9.93. The van der Waals surface area contributed by atoms with E-state index < -0.39 is 23.6 Å². The molecule has 0 saturated carbocycles. The van der Waals surface area contributed by atoms with Crippen molar-refractivity contribution in [3.05, 3.63) is 64.7 Å². The monoisotopic (exact) mass is 551 g/mol. The van der Waals surface area contributed by atoms with Crippen LogP contribution in [0.3, 0.4) is 0 Å². The normalized spacial score (nSPS) is 19.3. The third-order valence-corrected chi connectivity index (χ3v) is 6.92. The van der Waals surface area contributed by atoms with E-state index in [2.05, 4.69) is 4.90 Å². The summed E-state index contributed by atoms with van der Waals surface area (Å²) in [6.45, 7) is 9.50. The van der Waals surface area contributed by atoms with E-state index in [-0.39, 0.29) is 24.0 Å². The fourth-order valence-corrected chi connectivity index (χ4v) is 5.04. The Hall–Kier alpha value is -3.89. The first-order valence-electron chi connectivity index (χ1n) is 13.5. The molecule has 0 aliphatic carbocycles. The third-order valence-electron chi connectivity index (χ3n) is 6.92. The number of likely N-dealkylation sites (tertiary alicyclic amines) is 1. The van der Waals surface area contributed by atoms with Crippen LogP contribution in [0.4, 0.5) is 0 Å². The number of nitrogens with two attached hydrogens (primary N) is 1. The van der Waals surface area contributed by atoms with Crippen molar-refractivity contribution in [1.82, 2.24) is 9.80 Å². The summed E-state index contributed by atoms with van der Waals surface area (Å²) in [5.41, 5.74) is 7.00. The van der Waals surface area contributed by atoms with Gasteiger partial charge in [0, 0.05) is 31.7 Å². The number of benzene rings is 2. The molecule has 1 unspecified atom stereocenters. The summed E-state index contributed by atoms with van der Waals surface area (Å²) in [6, 6.07) is 11.2. The van der Waals surface area contributed by atoms with Crippen LogP contribution in [-0.2, 0) is 19.1 Å². The van der Waals surface area contributed by atoms with Crippen molar-refractivity contribution in [3.8, 4) is 11.5 Å². The summed E-state index contributed by atoms with van der Waals surface area (Å²) in [6.07, 6.45) is 0.639. The molecule has 1 atom stereocenters. The standard InChI is InChI=1S/C30H37N3O7/c1-19(2)40-23-9-10-24(20(3)17-23)28(35)26-27(21-5-7-22(8-6-21)39-18-25(31)34)33(30(37)29(26)36)12-4-11-32-13-15-38-16-14-32/h5-10,17,19,27,35H,4,11-16,18H2,1-3H3,(H2,31,34)/b28-26+. The Bertz CT molecular complexity index is 1270. The van der Waals surface area contributed by atoms with Gasteiger partial charge in [0.25, 0.3) is 17.6 Å². The maximum atomic E-state index is 13.4. The molecule has 2 amide bonds.